The minimum atomic E-state index is 0.216. The van der Waals surface area contributed by atoms with Crippen LogP contribution in [0.15, 0.2) is 0 Å². The highest BCUT2D eigenvalue weighted by atomic mass is 16.5. The van der Waals surface area contributed by atoms with Gasteiger partial charge in [0.1, 0.15) is 0 Å². The van der Waals surface area contributed by atoms with Crippen molar-refractivity contribution in [2.75, 3.05) is 20.3 Å². The molecule has 11 heavy (non-hydrogen) atoms. The Labute approximate surface area is 70.3 Å². The average molecular weight is 159 g/mol. The molecule has 0 radical (unpaired) electrons. The molecule has 2 heteroatoms. The maximum absolute atomic E-state index is 5.38. The van der Waals surface area contributed by atoms with Crippen molar-refractivity contribution in [3.05, 3.63) is 0 Å². The van der Waals surface area contributed by atoms with Crippen LogP contribution in [0.1, 0.15) is 33.6 Å². The van der Waals surface area contributed by atoms with Crippen molar-refractivity contribution in [2.45, 2.75) is 39.2 Å². The highest BCUT2D eigenvalue weighted by molar-refractivity contribution is 4.74. The van der Waals surface area contributed by atoms with Gasteiger partial charge in [-0.1, -0.05) is 6.92 Å². The van der Waals surface area contributed by atoms with E-state index in [9.17, 15) is 0 Å². The first-order valence-corrected chi connectivity index (χ1v) is 4.39. The fourth-order valence-electron chi connectivity index (χ4n) is 0.699. The maximum atomic E-state index is 5.38. The molecule has 0 rings (SSSR count). The summed E-state index contributed by atoms with van der Waals surface area (Å²) >= 11 is 0. The second kappa shape index (κ2) is 5.56. The lowest BCUT2D eigenvalue weighted by atomic mass is 10.0. The lowest BCUT2D eigenvalue weighted by Gasteiger charge is -2.23. The highest BCUT2D eigenvalue weighted by Crippen LogP contribution is 2.06. The predicted molar refractivity (Wildman–Crippen MR) is 48.9 cm³/mol. The molecule has 0 aromatic heterocycles. The molecule has 0 atom stereocenters. The molecule has 0 unspecified atom stereocenters. The van der Waals surface area contributed by atoms with Crippen LogP contribution in [0.2, 0.25) is 0 Å². The van der Waals surface area contributed by atoms with Crippen molar-refractivity contribution in [1.82, 2.24) is 5.32 Å². The Morgan fingerprint density at radius 3 is 2.36 bits per heavy atom. The van der Waals surface area contributed by atoms with Gasteiger partial charge in [0.15, 0.2) is 0 Å². The molecule has 0 amide bonds. The molecular formula is C9H21NO. The Morgan fingerprint density at radius 1 is 1.27 bits per heavy atom. The molecule has 0 heterocycles. The van der Waals surface area contributed by atoms with E-state index >= 15 is 0 Å². The van der Waals surface area contributed by atoms with E-state index in [1.807, 2.05) is 7.05 Å². The van der Waals surface area contributed by atoms with Crippen molar-refractivity contribution in [1.29, 1.82) is 0 Å². The summed E-state index contributed by atoms with van der Waals surface area (Å²) in [6.07, 6.45) is 2.18. The van der Waals surface area contributed by atoms with E-state index in [-0.39, 0.29) is 5.54 Å². The summed E-state index contributed by atoms with van der Waals surface area (Å²) in [4.78, 5) is 0. The van der Waals surface area contributed by atoms with Gasteiger partial charge in [-0.2, -0.15) is 0 Å². The van der Waals surface area contributed by atoms with E-state index < -0.39 is 0 Å². The van der Waals surface area contributed by atoms with Gasteiger partial charge in [0, 0.05) is 18.8 Å². The maximum Gasteiger partial charge on any atom is 0.0483 e. The van der Waals surface area contributed by atoms with E-state index in [4.69, 9.17) is 4.74 Å². The predicted octanol–water partition coefficient (Wildman–Crippen LogP) is 1.80. The van der Waals surface area contributed by atoms with E-state index in [1.165, 1.54) is 0 Å². The van der Waals surface area contributed by atoms with Gasteiger partial charge in [-0.05, 0) is 33.7 Å². The smallest absolute Gasteiger partial charge is 0.0483 e. The Balaban J connectivity index is 3.23. The van der Waals surface area contributed by atoms with Crippen molar-refractivity contribution < 1.29 is 4.74 Å². The summed E-state index contributed by atoms with van der Waals surface area (Å²) in [5, 5.41) is 3.24. The molecule has 0 saturated heterocycles. The zero-order valence-electron chi connectivity index (χ0n) is 8.24. The number of nitrogens with one attached hydrogen (secondary N) is 1. The third-order valence-electron chi connectivity index (χ3n) is 1.90. The minimum absolute atomic E-state index is 0.216. The van der Waals surface area contributed by atoms with Crippen molar-refractivity contribution >= 4 is 0 Å². The number of hydrogen-bond donors (Lipinski definition) is 1. The fourth-order valence-corrected chi connectivity index (χ4v) is 0.699. The molecule has 0 aliphatic heterocycles. The molecule has 0 aromatic carbocycles. The highest BCUT2D eigenvalue weighted by Gasteiger charge is 2.13. The third kappa shape index (κ3) is 6.32. The molecule has 0 aliphatic carbocycles. The van der Waals surface area contributed by atoms with E-state index in [0.29, 0.717) is 0 Å². The van der Waals surface area contributed by atoms with Crippen molar-refractivity contribution in [3.8, 4) is 0 Å². The second-order valence-corrected chi connectivity index (χ2v) is 3.50. The van der Waals surface area contributed by atoms with Gasteiger partial charge in [-0.15, -0.1) is 0 Å². The molecule has 0 fully saturated rings. The summed E-state index contributed by atoms with van der Waals surface area (Å²) in [5.74, 6) is 0. The standard InChI is InChI=1S/C9H21NO/c1-5-7-11-8-6-9(2,3)10-4/h10H,5-8H2,1-4H3. The zero-order chi connectivity index (χ0) is 8.74. The molecule has 2 nitrogen and oxygen atoms in total. The van der Waals surface area contributed by atoms with Crippen LogP contribution in [0.25, 0.3) is 0 Å². The zero-order valence-corrected chi connectivity index (χ0v) is 8.24. The molecule has 0 saturated carbocycles. The van der Waals surface area contributed by atoms with Gasteiger partial charge in [-0.25, -0.2) is 0 Å². The Morgan fingerprint density at radius 2 is 1.91 bits per heavy atom. The van der Waals surface area contributed by atoms with Gasteiger partial charge in [-0.3, -0.25) is 0 Å². The summed E-state index contributed by atoms with van der Waals surface area (Å²) < 4.78 is 5.38. The molecule has 1 N–H and O–H groups in total. The molecule has 0 bridgehead atoms. The van der Waals surface area contributed by atoms with E-state index in [0.717, 1.165) is 26.1 Å². The minimum Gasteiger partial charge on any atom is -0.381 e. The normalized spacial score (nSPS) is 12.0. The van der Waals surface area contributed by atoms with Crippen LogP contribution in [-0.2, 0) is 4.74 Å². The van der Waals surface area contributed by atoms with Crippen LogP contribution in [0, 0.1) is 0 Å². The number of ether oxygens (including phenoxy) is 1. The van der Waals surface area contributed by atoms with Crippen LogP contribution in [0.5, 0.6) is 0 Å². The first-order chi connectivity index (χ1) is 5.12. The van der Waals surface area contributed by atoms with Crippen LogP contribution in [0.4, 0.5) is 0 Å². The van der Waals surface area contributed by atoms with Crippen LogP contribution in [-0.4, -0.2) is 25.8 Å². The second-order valence-electron chi connectivity index (χ2n) is 3.50. The van der Waals surface area contributed by atoms with Crippen LogP contribution in [0.3, 0.4) is 0 Å². The topological polar surface area (TPSA) is 21.3 Å². The first kappa shape index (κ1) is 10.9. The van der Waals surface area contributed by atoms with Crippen molar-refractivity contribution in [2.24, 2.45) is 0 Å². The van der Waals surface area contributed by atoms with E-state index in [2.05, 4.69) is 26.1 Å². The quantitative estimate of drug-likeness (QED) is 0.597. The van der Waals surface area contributed by atoms with Crippen LogP contribution >= 0.6 is 0 Å². The number of hydrogen-bond acceptors (Lipinski definition) is 2. The summed E-state index contributed by atoms with van der Waals surface area (Å²) in [6.45, 7) is 8.25. The van der Waals surface area contributed by atoms with Crippen LogP contribution < -0.4 is 5.32 Å². The first-order valence-electron chi connectivity index (χ1n) is 4.39. The van der Waals surface area contributed by atoms with Gasteiger partial charge in [0.25, 0.3) is 0 Å². The summed E-state index contributed by atoms with van der Waals surface area (Å²) in [5.41, 5.74) is 0.216. The third-order valence-corrected chi connectivity index (χ3v) is 1.90. The number of rotatable bonds is 6. The largest absolute Gasteiger partial charge is 0.381 e. The van der Waals surface area contributed by atoms with Gasteiger partial charge < -0.3 is 10.1 Å². The Hall–Kier alpha value is -0.0800. The SMILES string of the molecule is CCCOCCC(C)(C)NC. The Bertz CT molecular complexity index is 91.6. The van der Waals surface area contributed by atoms with Gasteiger partial charge in [0.2, 0.25) is 0 Å². The lowest BCUT2D eigenvalue weighted by Crippen LogP contribution is -2.37. The molecule has 0 aromatic rings. The summed E-state index contributed by atoms with van der Waals surface area (Å²) in [6, 6.07) is 0. The molecule has 68 valence electrons. The molecular weight excluding hydrogens is 138 g/mol. The average Bonchev–Trinajstić information content (AvgIpc) is 1.99. The van der Waals surface area contributed by atoms with E-state index in [1.54, 1.807) is 0 Å². The van der Waals surface area contributed by atoms with Gasteiger partial charge in [0.05, 0.1) is 0 Å². The molecule has 0 aliphatic rings. The monoisotopic (exact) mass is 159 g/mol. The lowest BCUT2D eigenvalue weighted by molar-refractivity contribution is 0.115. The van der Waals surface area contributed by atoms with Gasteiger partial charge >= 0.3 is 0 Å². The van der Waals surface area contributed by atoms with Crippen molar-refractivity contribution in [3.63, 3.8) is 0 Å². The Kier molecular flexibility index (Phi) is 5.51. The summed E-state index contributed by atoms with van der Waals surface area (Å²) in [7, 11) is 1.99. The molecule has 0 spiro atoms. The fraction of sp³-hybridized carbons (Fsp3) is 1.00.